The lowest BCUT2D eigenvalue weighted by Gasteiger charge is -2.46. The Morgan fingerprint density at radius 3 is 0.874 bits per heavy atom. The van der Waals surface area contributed by atoms with Crippen LogP contribution < -0.4 is 26.2 Å². The Morgan fingerprint density at radius 1 is 0.244 bits per heavy atom. The third-order valence-electron chi connectivity index (χ3n) is 25.1. The molecule has 0 N–H and O–H groups in total. The van der Waals surface area contributed by atoms with Crippen molar-refractivity contribution in [1.82, 2.24) is 9.13 Å². The minimum Gasteiger partial charge on any atom is -0.310 e. The summed E-state index contributed by atoms with van der Waals surface area (Å²) in [6, 6.07) is 124. The van der Waals surface area contributed by atoms with E-state index in [1.54, 1.807) is 0 Å². The molecular formula is C112H97BN6. The molecule has 2 aliphatic rings. The van der Waals surface area contributed by atoms with Crippen molar-refractivity contribution in [3.63, 3.8) is 0 Å². The van der Waals surface area contributed by atoms with E-state index in [9.17, 15) is 10.5 Å². The highest BCUT2D eigenvalue weighted by Crippen LogP contribution is 2.57. The summed E-state index contributed by atoms with van der Waals surface area (Å²) in [6.07, 6.45) is 0. The normalized spacial score (nSPS) is 12.9. The molecule has 17 aromatic rings. The van der Waals surface area contributed by atoms with Gasteiger partial charge in [0, 0.05) is 77.9 Å². The van der Waals surface area contributed by atoms with Crippen LogP contribution in [0.4, 0.5) is 34.1 Å². The Labute approximate surface area is 701 Å². The molecule has 4 heterocycles. The van der Waals surface area contributed by atoms with Crippen molar-refractivity contribution in [2.75, 3.05) is 9.80 Å². The zero-order valence-electron chi connectivity index (χ0n) is 70.8. The lowest BCUT2D eigenvalue weighted by molar-refractivity contribution is 0.590. The summed E-state index contributed by atoms with van der Waals surface area (Å²) < 4.78 is 4.95. The van der Waals surface area contributed by atoms with E-state index < -0.39 is 5.41 Å². The zero-order chi connectivity index (χ0) is 82.5. The molecule has 0 aliphatic carbocycles. The Balaban J connectivity index is 1.02. The molecule has 0 saturated heterocycles. The summed E-state index contributed by atoms with van der Waals surface area (Å²) >= 11 is 0. The predicted octanol–water partition coefficient (Wildman–Crippen LogP) is 28.2. The van der Waals surface area contributed by atoms with Crippen molar-refractivity contribution in [2.45, 2.75) is 131 Å². The van der Waals surface area contributed by atoms with Crippen molar-refractivity contribution >= 4 is 101 Å². The maximum atomic E-state index is 11.2. The second-order valence-electron chi connectivity index (χ2n) is 38.0. The van der Waals surface area contributed by atoms with Crippen LogP contribution in [0.1, 0.15) is 143 Å². The fraction of sp³-hybridized carbons (Fsp3) is 0.179. The van der Waals surface area contributed by atoms with Gasteiger partial charge in [0.05, 0.1) is 56.7 Å². The second kappa shape index (κ2) is 28.2. The second-order valence-corrected chi connectivity index (χ2v) is 38.0. The van der Waals surface area contributed by atoms with Gasteiger partial charge in [0.25, 0.3) is 6.71 Å². The summed E-state index contributed by atoms with van der Waals surface area (Å²) in [5, 5.41) is 27.1. The van der Waals surface area contributed by atoms with Gasteiger partial charge >= 0.3 is 0 Å². The molecule has 15 aromatic carbocycles. The molecule has 0 saturated carbocycles. The minimum atomic E-state index is -0.456. The molecule has 0 fully saturated rings. The predicted molar refractivity (Wildman–Crippen MR) is 505 cm³/mol. The van der Waals surface area contributed by atoms with Gasteiger partial charge < -0.3 is 18.9 Å². The molecule has 578 valence electrons. The number of para-hydroxylation sites is 4. The monoisotopic (exact) mass is 1540 g/mol. The molecule has 0 radical (unpaired) electrons. The van der Waals surface area contributed by atoms with Crippen LogP contribution in [0.25, 0.3) is 122 Å². The molecule has 0 unspecified atom stereocenters. The largest absolute Gasteiger partial charge is 0.310 e. The first-order valence-electron chi connectivity index (χ1n) is 41.9. The average molecular weight is 1540 g/mol. The zero-order valence-corrected chi connectivity index (χ0v) is 70.8. The maximum absolute atomic E-state index is 11.2. The van der Waals surface area contributed by atoms with E-state index in [1.165, 1.54) is 43.8 Å². The number of nitrogens with zero attached hydrogens (tertiary/aromatic N) is 6. The molecule has 19 rings (SSSR count). The number of hydrogen-bond acceptors (Lipinski definition) is 4. The van der Waals surface area contributed by atoms with Gasteiger partial charge in [0.1, 0.15) is 0 Å². The van der Waals surface area contributed by atoms with Crippen LogP contribution in [0.3, 0.4) is 0 Å². The lowest BCUT2D eigenvalue weighted by atomic mass is 9.33. The van der Waals surface area contributed by atoms with Gasteiger partial charge in [0.2, 0.25) is 0 Å². The van der Waals surface area contributed by atoms with Crippen molar-refractivity contribution in [3.05, 3.63) is 354 Å². The number of rotatable bonds is 10. The first-order chi connectivity index (χ1) is 57.1. The molecule has 0 amide bonds. The summed E-state index contributed by atoms with van der Waals surface area (Å²) in [6.45, 7) is 34.3. The van der Waals surface area contributed by atoms with E-state index in [-0.39, 0.29) is 28.4 Å². The number of fused-ring (bicyclic) bond motifs is 10. The number of hydrogen-bond donors (Lipinski definition) is 0. The Kier molecular flexibility index (Phi) is 17.9. The molecule has 0 spiro atoms. The molecule has 0 atom stereocenters. The average Bonchev–Trinajstić information content (AvgIpc) is 1.10. The van der Waals surface area contributed by atoms with Crippen molar-refractivity contribution in [3.8, 4) is 90.3 Å². The number of aromatic nitrogens is 2. The van der Waals surface area contributed by atoms with Crippen LogP contribution in [-0.2, 0) is 27.1 Å². The number of benzene rings is 15. The molecule has 7 heteroatoms. The first-order valence-corrected chi connectivity index (χ1v) is 41.9. The standard InChI is InChI=1S/C112H97BN6/c1-108(2,3)80-48-44-72(45-49-80)78-60-91(74-30-24-28-70(56-74)68-114)106(93(62-78)76-32-26-34-82(58-76)110(7,8)9)118-101-66-85(116-97-40-20-16-36-87(97)88-37-17-21-41-98(88)116)52-54-95(101)113-96-55-53-86(117-99-42-22-18-38-89(99)90-39-19-23-43-100(90)117)67-102(96)119(104-65-84(112(13,14)15)64-103(118)105(104)113)107-92(75-31-25-29-71(57-75)69-115)61-79(73-46-50-81(51-47-73)109(4,5)6)63-94(107)77-33-27-35-83(59-77)111(10,11)12/h16-67H,1-15H3. The first kappa shape index (κ1) is 75.6. The van der Waals surface area contributed by atoms with Crippen molar-refractivity contribution < 1.29 is 0 Å². The van der Waals surface area contributed by atoms with E-state index in [0.717, 1.165) is 156 Å². The molecule has 6 nitrogen and oxygen atoms in total. The highest BCUT2D eigenvalue weighted by atomic mass is 15.2. The van der Waals surface area contributed by atoms with Gasteiger partial charge in [0.15, 0.2) is 0 Å². The van der Waals surface area contributed by atoms with Crippen molar-refractivity contribution in [2.24, 2.45) is 0 Å². The van der Waals surface area contributed by atoms with Crippen LogP contribution in [0.15, 0.2) is 315 Å². The highest BCUT2D eigenvalue weighted by Gasteiger charge is 2.47. The van der Waals surface area contributed by atoms with E-state index in [1.807, 2.05) is 12.1 Å². The van der Waals surface area contributed by atoms with Gasteiger partial charge in [-0.05, 0) is 225 Å². The lowest BCUT2D eigenvalue weighted by Crippen LogP contribution is -2.61. The van der Waals surface area contributed by atoms with Gasteiger partial charge in [-0.25, -0.2) is 0 Å². The Morgan fingerprint density at radius 2 is 0.555 bits per heavy atom. The summed E-state index contributed by atoms with van der Waals surface area (Å²) in [5.74, 6) is 0. The van der Waals surface area contributed by atoms with Gasteiger partial charge in [-0.2, -0.15) is 10.5 Å². The summed E-state index contributed by atoms with van der Waals surface area (Å²) in [5.41, 5.74) is 34.7. The van der Waals surface area contributed by atoms with E-state index in [4.69, 9.17) is 0 Å². The molecule has 2 aromatic heterocycles. The van der Waals surface area contributed by atoms with Gasteiger partial charge in [-0.15, -0.1) is 0 Å². The summed E-state index contributed by atoms with van der Waals surface area (Å²) in [7, 11) is 0. The van der Waals surface area contributed by atoms with Crippen LogP contribution in [0.5, 0.6) is 0 Å². The fourth-order valence-electron chi connectivity index (χ4n) is 18.7. The number of nitriles is 2. The topological polar surface area (TPSA) is 63.9 Å². The molecule has 119 heavy (non-hydrogen) atoms. The van der Waals surface area contributed by atoms with E-state index in [2.05, 4.69) is 438 Å². The van der Waals surface area contributed by atoms with E-state index >= 15 is 0 Å². The Hall–Kier alpha value is -13.5. The quantitative estimate of drug-likeness (QED) is 0.128. The number of anilines is 6. The minimum absolute atomic E-state index is 0.0712. The third kappa shape index (κ3) is 13.0. The van der Waals surface area contributed by atoms with Crippen LogP contribution in [0.2, 0.25) is 0 Å². The van der Waals surface area contributed by atoms with Crippen molar-refractivity contribution in [1.29, 1.82) is 10.5 Å². The highest BCUT2D eigenvalue weighted by molar-refractivity contribution is 7.00. The SMILES string of the molecule is CC(C)(C)c1ccc(-c2cc(-c3cccc(C#N)c3)c(N3c4cc(-n5c6ccccc6c6ccccc65)ccc4B4c5ccc(-n6c7ccccc7c7ccccc76)cc5N(c5c(-c6cccc(C#N)c6)cc(-c6ccc(C(C)(C)C)cc6)cc5-c5cccc(C(C)(C)C)c5)c5cc(C(C)(C)C)cc3c54)c(-c3cccc(C(C)(C)C)c3)c2)cc1. The smallest absolute Gasteiger partial charge is 0.252 e. The summed E-state index contributed by atoms with van der Waals surface area (Å²) in [4.78, 5) is 5.34. The molecule has 0 bridgehead atoms. The van der Waals surface area contributed by atoms with Gasteiger partial charge in [-0.1, -0.05) is 310 Å². The molecular weight excluding hydrogens is 1440 g/mol. The Bertz CT molecular complexity index is 6570. The third-order valence-corrected chi connectivity index (χ3v) is 25.1. The van der Waals surface area contributed by atoms with Crippen LogP contribution >= 0.6 is 0 Å². The fourth-order valence-corrected chi connectivity index (χ4v) is 18.7. The van der Waals surface area contributed by atoms with Crippen LogP contribution in [-0.4, -0.2) is 15.8 Å². The molecule has 2 aliphatic heterocycles. The maximum Gasteiger partial charge on any atom is 0.252 e. The van der Waals surface area contributed by atoms with E-state index in [0.29, 0.717) is 11.1 Å². The van der Waals surface area contributed by atoms with Gasteiger partial charge in [-0.3, -0.25) is 0 Å². The van der Waals surface area contributed by atoms with Crippen LogP contribution in [0, 0.1) is 22.7 Å².